The molecule has 0 aliphatic carbocycles. The van der Waals surface area contributed by atoms with E-state index in [0.29, 0.717) is 16.5 Å². The van der Waals surface area contributed by atoms with Crippen LogP contribution in [0.25, 0.3) is 11.0 Å². The summed E-state index contributed by atoms with van der Waals surface area (Å²) in [6, 6.07) is 6.59. The van der Waals surface area contributed by atoms with Crippen molar-refractivity contribution < 1.29 is 22.7 Å². The summed E-state index contributed by atoms with van der Waals surface area (Å²) >= 11 is 1.36. The van der Waals surface area contributed by atoms with Gasteiger partial charge < -0.3 is 14.6 Å². The van der Waals surface area contributed by atoms with E-state index in [4.69, 9.17) is 4.74 Å². The molecule has 4 aromatic rings. The van der Waals surface area contributed by atoms with Gasteiger partial charge in [0.1, 0.15) is 11.2 Å². The molecule has 5 rings (SSSR count). The van der Waals surface area contributed by atoms with Gasteiger partial charge in [0.25, 0.3) is 0 Å². The minimum atomic E-state index is -4.38. The van der Waals surface area contributed by atoms with E-state index < -0.39 is 11.7 Å². The van der Waals surface area contributed by atoms with Gasteiger partial charge in [0.05, 0.1) is 36.8 Å². The lowest BCUT2D eigenvalue weighted by molar-refractivity contribution is -0.137. The molecule has 0 amide bonds. The molecule has 1 aliphatic heterocycles. The summed E-state index contributed by atoms with van der Waals surface area (Å²) in [7, 11) is 0. The van der Waals surface area contributed by atoms with Crippen molar-refractivity contribution in [3.05, 3.63) is 65.2 Å². The maximum absolute atomic E-state index is 13.1. The van der Waals surface area contributed by atoms with Crippen molar-refractivity contribution >= 4 is 39.0 Å². The van der Waals surface area contributed by atoms with Gasteiger partial charge in [0.2, 0.25) is 0 Å². The van der Waals surface area contributed by atoms with Crippen LogP contribution in [0.3, 0.4) is 0 Å². The first-order valence-corrected chi connectivity index (χ1v) is 13.1. The van der Waals surface area contributed by atoms with E-state index in [1.54, 1.807) is 24.8 Å². The number of morpholine rings is 1. The number of imidazole rings is 1. The van der Waals surface area contributed by atoms with Crippen LogP contribution in [-0.4, -0.2) is 63.1 Å². The molecule has 0 saturated carbocycles. The number of hydrogen-bond donors (Lipinski definition) is 1. The Balaban J connectivity index is 1.21. The molecule has 4 heterocycles. The number of thiazole rings is 1. The third kappa shape index (κ3) is 6.20. The fourth-order valence-electron chi connectivity index (χ4n) is 4.29. The number of aromatic nitrogens is 4. The number of nitrogens with one attached hydrogen (secondary N) is 1. The second-order valence-corrected chi connectivity index (χ2v) is 10.3. The Morgan fingerprint density at radius 2 is 1.87 bits per heavy atom. The largest absolute Gasteiger partial charge is 0.416 e. The summed E-state index contributed by atoms with van der Waals surface area (Å²) in [5.74, 6) is -0.183. The molecule has 1 atom stereocenters. The maximum atomic E-state index is 13.1. The summed E-state index contributed by atoms with van der Waals surface area (Å²) in [6.07, 6.45) is 0.981. The van der Waals surface area contributed by atoms with E-state index in [1.807, 2.05) is 6.92 Å². The fraction of sp³-hybridized carbons (Fsp3) is 0.385. The topological polar surface area (TPSA) is 85.2 Å². The van der Waals surface area contributed by atoms with Crippen LogP contribution >= 0.6 is 11.3 Å². The van der Waals surface area contributed by atoms with Crippen LogP contribution in [-0.2, 0) is 17.5 Å². The predicted molar refractivity (Wildman–Crippen MR) is 139 cm³/mol. The number of carbonyl (C=O) groups is 1. The number of nitrogens with zero attached hydrogens (tertiary/aromatic N) is 5. The molecule has 1 unspecified atom stereocenters. The van der Waals surface area contributed by atoms with Gasteiger partial charge in [0, 0.05) is 49.4 Å². The highest BCUT2D eigenvalue weighted by molar-refractivity contribution is 7.15. The van der Waals surface area contributed by atoms with E-state index in [0.717, 1.165) is 67.4 Å². The maximum Gasteiger partial charge on any atom is 0.416 e. The average Bonchev–Trinajstić information content (AvgIpc) is 3.54. The molecule has 0 radical (unpaired) electrons. The van der Waals surface area contributed by atoms with Crippen LogP contribution in [0, 0.1) is 0 Å². The Hall–Kier alpha value is -3.35. The summed E-state index contributed by atoms with van der Waals surface area (Å²) in [5.41, 5.74) is 1.82. The van der Waals surface area contributed by atoms with Crippen molar-refractivity contribution in [2.45, 2.75) is 32.0 Å². The van der Waals surface area contributed by atoms with E-state index in [2.05, 4.69) is 29.7 Å². The van der Waals surface area contributed by atoms with Gasteiger partial charge in [-0.15, -0.1) is 11.3 Å². The predicted octanol–water partition coefficient (Wildman–Crippen LogP) is 5.36. The Morgan fingerprint density at radius 3 is 2.61 bits per heavy atom. The van der Waals surface area contributed by atoms with Crippen molar-refractivity contribution in [2.24, 2.45) is 0 Å². The van der Waals surface area contributed by atoms with Crippen LogP contribution in [0.2, 0.25) is 0 Å². The fourth-order valence-corrected chi connectivity index (χ4v) is 5.17. The minimum absolute atomic E-state index is 0.0778. The zero-order valence-electron chi connectivity index (χ0n) is 20.7. The van der Waals surface area contributed by atoms with Crippen molar-refractivity contribution in [1.82, 2.24) is 24.4 Å². The van der Waals surface area contributed by atoms with Gasteiger partial charge in [-0.2, -0.15) is 13.2 Å². The van der Waals surface area contributed by atoms with Gasteiger partial charge in [-0.05, 0) is 36.2 Å². The number of halogens is 3. The second-order valence-electron chi connectivity index (χ2n) is 9.25. The number of hydrogen-bond acceptors (Lipinski definition) is 8. The number of rotatable bonds is 9. The molecule has 12 heteroatoms. The van der Waals surface area contributed by atoms with Crippen molar-refractivity contribution in [3.8, 4) is 0 Å². The first-order chi connectivity index (χ1) is 18.3. The average molecular weight is 545 g/mol. The van der Waals surface area contributed by atoms with Crippen LogP contribution in [0.15, 0.2) is 49.1 Å². The van der Waals surface area contributed by atoms with Crippen molar-refractivity contribution in [3.63, 3.8) is 0 Å². The number of fused-ring (bicyclic) bond motifs is 1. The van der Waals surface area contributed by atoms with Gasteiger partial charge >= 0.3 is 6.18 Å². The number of Topliss-reactive ketones (excluding diaryl/α,β-unsaturated/α-hetero) is 1. The SMILES string of the molecule is CC(CC(=O)c1cc2c(cn1)ncn2CCN1CCOCC1)c1cnc(Nc2ccc(C(F)(F)F)cc2)s1. The molecule has 1 N–H and O–H groups in total. The highest BCUT2D eigenvalue weighted by Gasteiger charge is 2.30. The Kier molecular flexibility index (Phi) is 7.73. The zero-order valence-corrected chi connectivity index (χ0v) is 21.6. The number of pyridine rings is 1. The van der Waals surface area contributed by atoms with Gasteiger partial charge in [0.15, 0.2) is 10.9 Å². The molecule has 1 aromatic carbocycles. The van der Waals surface area contributed by atoms with E-state index >= 15 is 0 Å². The number of carbonyl (C=O) groups excluding carboxylic acids is 1. The molecule has 38 heavy (non-hydrogen) atoms. The van der Waals surface area contributed by atoms with Crippen molar-refractivity contribution in [2.75, 3.05) is 38.2 Å². The van der Waals surface area contributed by atoms with E-state index in [1.165, 1.54) is 23.5 Å². The van der Waals surface area contributed by atoms with Crippen LogP contribution in [0.1, 0.15) is 40.2 Å². The normalized spacial score (nSPS) is 15.6. The monoisotopic (exact) mass is 544 g/mol. The molecule has 0 bridgehead atoms. The van der Waals surface area contributed by atoms with Gasteiger partial charge in [-0.3, -0.25) is 14.7 Å². The molecule has 1 fully saturated rings. The molecular formula is C26H27F3N6O2S. The van der Waals surface area contributed by atoms with Crippen LogP contribution < -0.4 is 5.32 Å². The Bertz CT molecular complexity index is 1400. The second kappa shape index (κ2) is 11.2. The Labute approximate surface area is 221 Å². The van der Waals surface area contributed by atoms with Crippen molar-refractivity contribution in [1.29, 1.82) is 0 Å². The van der Waals surface area contributed by atoms with E-state index in [-0.39, 0.29) is 18.1 Å². The van der Waals surface area contributed by atoms with Gasteiger partial charge in [-0.1, -0.05) is 6.92 Å². The Morgan fingerprint density at radius 1 is 1.11 bits per heavy atom. The lowest BCUT2D eigenvalue weighted by Gasteiger charge is -2.26. The first-order valence-electron chi connectivity index (χ1n) is 12.3. The summed E-state index contributed by atoms with van der Waals surface area (Å²) in [4.78, 5) is 29.4. The third-order valence-corrected chi connectivity index (χ3v) is 7.66. The van der Waals surface area contributed by atoms with Crippen LogP contribution in [0.5, 0.6) is 0 Å². The molecule has 200 valence electrons. The quantitative estimate of drug-likeness (QED) is 0.284. The minimum Gasteiger partial charge on any atom is -0.379 e. The van der Waals surface area contributed by atoms with Gasteiger partial charge in [-0.25, -0.2) is 9.97 Å². The summed E-state index contributed by atoms with van der Waals surface area (Å²) in [5, 5.41) is 3.57. The first kappa shape index (κ1) is 26.3. The number of anilines is 2. The zero-order chi connectivity index (χ0) is 26.7. The molecule has 1 aliphatic rings. The number of benzene rings is 1. The molecule has 8 nitrogen and oxygen atoms in total. The molecule has 3 aromatic heterocycles. The molecule has 0 spiro atoms. The number of ketones is 1. The van der Waals surface area contributed by atoms with Crippen LogP contribution in [0.4, 0.5) is 24.0 Å². The highest BCUT2D eigenvalue weighted by Crippen LogP contribution is 2.33. The third-order valence-electron chi connectivity index (χ3n) is 6.52. The summed E-state index contributed by atoms with van der Waals surface area (Å²) in [6.45, 7) is 6.91. The smallest absolute Gasteiger partial charge is 0.379 e. The molecular weight excluding hydrogens is 517 g/mol. The highest BCUT2D eigenvalue weighted by atomic mass is 32.1. The lowest BCUT2D eigenvalue weighted by Crippen LogP contribution is -2.38. The van der Waals surface area contributed by atoms with E-state index in [9.17, 15) is 18.0 Å². The summed E-state index contributed by atoms with van der Waals surface area (Å²) < 4.78 is 45.8. The number of alkyl halides is 3. The molecule has 1 saturated heterocycles. The lowest BCUT2D eigenvalue weighted by atomic mass is 10.0. The standard InChI is InChI=1S/C26H27F3N6O2S/c1-17(24-15-31-25(38-24)33-19-4-2-18(3-5-19)26(27,28)29)12-23(36)20-13-22-21(14-30-20)32-16-35(22)7-6-34-8-10-37-11-9-34/h2-5,13-17H,6-12H2,1H3,(H,31,33). The number of ether oxygens (including phenoxy) is 1.